The highest BCUT2D eigenvalue weighted by Crippen LogP contribution is 2.34. The molecule has 1 aromatic heterocycles. The van der Waals surface area contributed by atoms with Gasteiger partial charge in [-0.15, -0.1) is 0 Å². The first-order valence-electron chi connectivity index (χ1n) is 7.34. The minimum Gasteiger partial charge on any atom is -0.493 e. The lowest BCUT2D eigenvalue weighted by Gasteiger charge is -2.20. The third-order valence-electron chi connectivity index (χ3n) is 3.89. The van der Waals surface area contributed by atoms with Gasteiger partial charge in [-0.1, -0.05) is 26.8 Å². The zero-order valence-corrected chi connectivity index (χ0v) is 13.1. The van der Waals surface area contributed by atoms with E-state index in [-0.39, 0.29) is 5.41 Å². The summed E-state index contributed by atoms with van der Waals surface area (Å²) in [6.45, 7) is 7.07. The second-order valence-electron chi connectivity index (χ2n) is 6.72. The predicted octanol–water partition coefficient (Wildman–Crippen LogP) is 2.73. The molecule has 0 radical (unpaired) electrons. The Morgan fingerprint density at radius 3 is 2.81 bits per heavy atom. The summed E-state index contributed by atoms with van der Waals surface area (Å²) in [6.07, 6.45) is 2.17. The van der Waals surface area contributed by atoms with Crippen LogP contribution in [0.5, 0.6) is 5.75 Å². The second kappa shape index (κ2) is 4.88. The van der Waals surface area contributed by atoms with Crippen molar-refractivity contribution >= 4 is 0 Å². The Bertz CT molecular complexity index is 668. The first-order valence-corrected chi connectivity index (χ1v) is 7.34. The lowest BCUT2D eigenvalue weighted by Crippen LogP contribution is -2.16. The number of aliphatic hydroxyl groups excluding tert-OH is 1. The third kappa shape index (κ3) is 2.56. The molecule has 1 aliphatic heterocycles. The van der Waals surface area contributed by atoms with Gasteiger partial charge in [-0.25, -0.2) is 0 Å². The minimum atomic E-state index is -0.654. The van der Waals surface area contributed by atoms with E-state index in [1.165, 1.54) is 5.56 Å². The molecular formula is C17H22N2O2. The monoisotopic (exact) mass is 286 g/mol. The summed E-state index contributed by atoms with van der Waals surface area (Å²) in [5.74, 6) is 0.938. The summed E-state index contributed by atoms with van der Waals surface area (Å²) in [6, 6.07) is 5.94. The van der Waals surface area contributed by atoms with Gasteiger partial charge in [0, 0.05) is 30.6 Å². The average Bonchev–Trinajstić information content (AvgIpc) is 3.02. The Morgan fingerprint density at radius 1 is 1.33 bits per heavy atom. The first-order chi connectivity index (χ1) is 9.86. The fourth-order valence-corrected chi connectivity index (χ4v) is 2.85. The van der Waals surface area contributed by atoms with E-state index in [0.717, 1.165) is 35.6 Å². The zero-order valence-electron chi connectivity index (χ0n) is 13.1. The highest BCUT2D eigenvalue weighted by atomic mass is 16.5. The second-order valence-corrected chi connectivity index (χ2v) is 6.72. The van der Waals surface area contributed by atoms with Gasteiger partial charge in [0.15, 0.2) is 0 Å². The molecule has 4 heteroatoms. The highest BCUT2D eigenvalue weighted by Gasteiger charge is 2.27. The van der Waals surface area contributed by atoms with Crippen molar-refractivity contribution in [3.8, 4) is 5.75 Å². The van der Waals surface area contributed by atoms with Crippen molar-refractivity contribution in [3.63, 3.8) is 0 Å². The van der Waals surface area contributed by atoms with Crippen molar-refractivity contribution in [1.82, 2.24) is 9.78 Å². The molecule has 112 valence electrons. The molecule has 1 aliphatic rings. The fraction of sp³-hybridized carbons (Fsp3) is 0.471. The number of hydrogen-bond acceptors (Lipinski definition) is 3. The molecule has 0 spiro atoms. The number of aromatic nitrogens is 2. The van der Waals surface area contributed by atoms with E-state index in [0.29, 0.717) is 0 Å². The molecule has 0 saturated heterocycles. The number of rotatable bonds is 2. The molecule has 0 saturated carbocycles. The Labute approximate surface area is 125 Å². The maximum atomic E-state index is 10.8. The molecule has 0 amide bonds. The van der Waals surface area contributed by atoms with Crippen LogP contribution in [-0.4, -0.2) is 21.5 Å². The highest BCUT2D eigenvalue weighted by molar-refractivity contribution is 5.43. The Morgan fingerprint density at radius 2 is 2.10 bits per heavy atom. The van der Waals surface area contributed by atoms with Crippen molar-refractivity contribution in [1.29, 1.82) is 0 Å². The van der Waals surface area contributed by atoms with Crippen LogP contribution in [0.25, 0.3) is 0 Å². The van der Waals surface area contributed by atoms with E-state index in [1.807, 2.05) is 31.4 Å². The van der Waals surface area contributed by atoms with Crippen molar-refractivity contribution in [2.75, 3.05) is 6.61 Å². The van der Waals surface area contributed by atoms with E-state index in [2.05, 4.69) is 25.9 Å². The Kier molecular flexibility index (Phi) is 3.29. The quantitative estimate of drug-likeness (QED) is 0.923. The van der Waals surface area contributed by atoms with Gasteiger partial charge in [0.05, 0.1) is 12.3 Å². The van der Waals surface area contributed by atoms with Crippen molar-refractivity contribution in [2.45, 2.75) is 38.7 Å². The molecule has 1 N–H and O–H groups in total. The van der Waals surface area contributed by atoms with Gasteiger partial charge in [-0.2, -0.15) is 5.10 Å². The van der Waals surface area contributed by atoms with E-state index < -0.39 is 6.10 Å². The van der Waals surface area contributed by atoms with Crippen LogP contribution in [0.1, 0.15) is 49.3 Å². The molecule has 4 nitrogen and oxygen atoms in total. The number of aliphatic hydroxyl groups is 1. The first kappa shape index (κ1) is 14.1. The van der Waals surface area contributed by atoms with Crippen LogP contribution in [0.4, 0.5) is 0 Å². The van der Waals surface area contributed by atoms with Crippen LogP contribution in [0.3, 0.4) is 0 Å². The number of benzene rings is 1. The standard InChI is InChI=1S/C17H22N2O2/c1-17(2,3)16-13(10-19(4)18-16)15(20)12-5-6-14-11(9-12)7-8-21-14/h5-6,9-10,15,20H,7-8H2,1-4H3. The van der Waals surface area contributed by atoms with Gasteiger partial charge >= 0.3 is 0 Å². The zero-order chi connectivity index (χ0) is 15.2. The largest absolute Gasteiger partial charge is 0.493 e. The fourth-order valence-electron chi connectivity index (χ4n) is 2.85. The predicted molar refractivity (Wildman–Crippen MR) is 81.6 cm³/mol. The lowest BCUT2D eigenvalue weighted by atomic mass is 9.86. The molecule has 2 aromatic rings. The van der Waals surface area contributed by atoms with Gasteiger partial charge in [-0.05, 0) is 23.3 Å². The van der Waals surface area contributed by atoms with Crippen LogP contribution in [0.15, 0.2) is 24.4 Å². The molecule has 1 atom stereocenters. The molecule has 0 bridgehead atoms. The van der Waals surface area contributed by atoms with Crippen LogP contribution >= 0.6 is 0 Å². The average molecular weight is 286 g/mol. The molecule has 1 aromatic carbocycles. The maximum Gasteiger partial charge on any atom is 0.122 e. The summed E-state index contributed by atoms with van der Waals surface area (Å²) in [4.78, 5) is 0. The minimum absolute atomic E-state index is 0.0998. The van der Waals surface area contributed by atoms with Gasteiger partial charge in [0.25, 0.3) is 0 Å². The molecule has 1 unspecified atom stereocenters. The van der Waals surface area contributed by atoms with Gasteiger partial charge < -0.3 is 9.84 Å². The molecule has 2 heterocycles. The van der Waals surface area contributed by atoms with Crippen LogP contribution < -0.4 is 4.74 Å². The Hall–Kier alpha value is -1.81. The van der Waals surface area contributed by atoms with E-state index in [9.17, 15) is 5.11 Å². The molecular weight excluding hydrogens is 264 g/mol. The summed E-state index contributed by atoms with van der Waals surface area (Å²) in [5, 5.41) is 15.3. The number of fused-ring (bicyclic) bond motifs is 1. The topological polar surface area (TPSA) is 47.3 Å². The molecule has 0 fully saturated rings. The van der Waals surface area contributed by atoms with E-state index in [4.69, 9.17) is 4.74 Å². The van der Waals surface area contributed by atoms with Crippen molar-refractivity contribution in [2.24, 2.45) is 7.05 Å². The van der Waals surface area contributed by atoms with E-state index >= 15 is 0 Å². The summed E-state index contributed by atoms with van der Waals surface area (Å²) >= 11 is 0. The van der Waals surface area contributed by atoms with Gasteiger partial charge in [0.1, 0.15) is 11.9 Å². The lowest BCUT2D eigenvalue weighted by molar-refractivity contribution is 0.217. The third-order valence-corrected chi connectivity index (χ3v) is 3.89. The number of ether oxygens (including phenoxy) is 1. The SMILES string of the molecule is Cn1cc(C(O)c2ccc3c(c2)CCO3)c(C(C)(C)C)n1. The number of aryl methyl sites for hydroxylation is 1. The van der Waals surface area contributed by atoms with Gasteiger partial charge in [0.2, 0.25) is 0 Å². The van der Waals surface area contributed by atoms with Crippen LogP contribution in [-0.2, 0) is 18.9 Å². The van der Waals surface area contributed by atoms with Crippen molar-refractivity contribution in [3.05, 3.63) is 46.8 Å². The summed E-state index contributed by atoms with van der Waals surface area (Å²) in [7, 11) is 1.89. The van der Waals surface area contributed by atoms with Crippen LogP contribution in [0.2, 0.25) is 0 Å². The van der Waals surface area contributed by atoms with E-state index in [1.54, 1.807) is 4.68 Å². The maximum absolute atomic E-state index is 10.8. The normalized spacial score (nSPS) is 15.7. The molecule has 21 heavy (non-hydrogen) atoms. The summed E-state index contributed by atoms with van der Waals surface area (Å²) < 4.78 is 7.30. The number of nitrogens with zero attached hydrogens (tertiary/aromatic N) is 2. The van der Waals surface area contributed by atoms with Crippen LogP contribution in [0, 0.1) is 0 Å². The van der Waals surface area contributed by atoms with Crippen molar-refractivity contribution < 1.29 is 9.84 Å². The smallest absolute Gasteiger partial charge is 0.122 e. The molecule has 3 rings (SSSR count). The van der Waals surface area contributed by atoms with Gasteiger partial charge in [-0.3, -0.25) is 4.68 Å². The molecule has 0 aliphatic carbocycles. The Balaban J connectivity index is 2.01. The number of hydrogen-bond donors (Lipinski definition) is 1. The summed E-state index contributed by atoms with van der Waals surface area (Å²) in [5.41, 5.74) is 3.79.